The molecule has 0 atom stereocenters. The van der Waals surface area contributed by atoms with E-state index < -0.39 is 0 Å². The number of aryl methyl sites for hydroxylation is 1. The zero-order valence-electron chi connectivity index (χ0n) is 10.3. The smallest absolute Gasteiger partial charge is 0.189 e. The zero-order valence-corrected chi connectivity index (χ0v) is 11.9. The number of hydrogen-bond acceptors (Lipinski definition) is 2. The van der Waals surface area contributed by atoms with E-state index in [1.54, 1.807) is 12.4 Å². The van der Waals surface area contributed by atoms with Crippen molar-refractivity contribution >= 4 is 27.8 Å². The highest BCUT2D eigenvalue weighted by Crippen LogP contribution is 2.28. The summed E-state index contributed by atoms with van der Waals surface area (Å²) in [4.78, 5) is 16.5. The highest BCUT2D eigenvalue weighted by Gasteiger charge is 2.21. The third kappa shape index (κ3) is 2.51. The largest absolute Gasteiger partial charge is 0.289 e. The van der Waals surface area contributed by atoms with Crippen molar-refractivity contribution < 1.29 is 4.79 Å². The molecule has 2 aromatic rings. The number of aromatic nitrogens is 1. The summed E-state index contributed by atoms with van der Waals surface area (Å²) >= 11 is 3.42. The third-order valence-electron chi connectivity index (χ3n) is 3.30. The van der Waals surface area contributed by atoms with Crippen LogP contribution >= 0.6 is 15.9 Å². The van der Waals surface area contributed by atoms with E-state index in [0.717, 1.165) is 39.6 Å². The molecule has 3 heteroatoms. The van der Waals surface area contributed by atoms with Crippen molar-refractivity contribution in [2.75, 3.05) is 0 Å². The maximum Gasteiger partial charge on any atom is 0.189 e. The first kappa shape index (κ1) is 12.3. The van der Waals surface area contributed by atoms with Crippen LogP contribution < -0.4 is 0 Å². The quantitative estimate of drug-likeness (QED) is 0.743. The van der Waals surface area contributed by atoms with Gasteiger partial charge in [0.25, 0.3) is 0 Å². The average Bonchev–Trinajstić information content (AvgIpc) is 2.44. The molecular formula is C16H12BrNO. The normalized spacial score (nSPS) is 16.5. The lowest BCUT2D eigenvalue weighted by Crippen LogP contribution is -2.14. The van der Waals surface area contributed by atoms with Gasteiger partial charge in [-0.05, 0) is 48.2 Å². The van der Waals surface area contributed by atoms with E-state index in [9.17, 15) is 4.79 Å². The molecule has 1 heterocycles. The van der Waals surface area contributed by atoms with Crippen molar-refractivity contribution in [2.24, 2.45) is 0 Å². The fourth-order valence-electron chi connectivity index (χ4n) is 2.33. The monoisotopic (exact) mass is 313 g/mol. The number of rotatable bonds is 1. The summed E-state index contributed by atoms with van der Waals surface area (Å²) < 4.78 is 0.947. The van der Waals surface area contributed by atoms with Gasteiger partial charge in [-0.15, -0.1) is 0 Å². The molecule has 94 valence electrons. The molecule has 0 N–H and O–H groups in total. The van der Waals surface area contributed by atoms with Crippen LogP contribution in [0.4, 0.5) is 0 Å². The van der Waals surface area contributed by atoms with E-state index in [1.165, 1.54) is 0 Å². The molecule has 0 saturated carbocycles. The van der Waals surface area contributed by atoms with Crippen molar-refractivity contribution in [1.29, 1.82) is 0 Å². The number of benzene rings is 1. The fraction of sp³-hybridized carbons (Fsp3) is 0.125. The molecule has 0 fully saturated rings. The first-order chi connectivity index (χ1) is 9.24. The van der Waals surface area contributed by atoms with E-state index in [1.807, 2.05) is 36.4 Å². The summed E-state index contributed by atoms with van der Waals surface area (Å²) in [7, 11) is 0. The predicted octanol–water partition coefficient (Wildman–Crippen LogP) is 4.06. The van der Waals surface area contributed by atoms with Crippen LogP contribution in [0.5, 0.6) is 0 Å². The highest BCUT2D eigenvalue weighted by molar-refractivity contribution is 9.10. The second kappa shape index (κ2) is 5.10. The molecule has 0 bridgehead atoms. The van der Waals surface area contributed by atoms with E-state index >= 15 is 0 Å². The predicted molar refractivity (Wildman–Crippen MR) is 79.0 cm³/mol. The summed E-state index contributed by atoms with van der Waals surface area (Å²) in [6, 6.07) is 9.77. The number of hydrogen-bond donors (Lipinski definition) is 0. The lowest BCUT2D eigenvalue weighted by atomic mass is 9.86. The standard InChI is InChI=1S/C16H12BrNO/c17-14-6-5-12-3-4-13(16(19)15(12)9-14)8-11-2-1-7-18-10-11/h1-2,5-10H,3-4H2. The minimum absolute atomic E-state index is 0.131. The lowest BCUT2D eigenvalue weighted by molar-refractivity contribution is 0.102. The van der Waals surface area contributed by atoms with Gasteiger partial charge in [0.2, 0.25) is 0 Å². The Morgan fingerprint density at radius 2 is 2.11 bits per heavy atom. The van der Waals surface area contributed by atoms with Gasteiger partial charge in [-0.3, -0.25) is 9.78 Å². The first-order valence-electron chi connectivity index (χ1n) is 6.18. The van der Waals surface area contributed by atoms with Gasteiger partial charge in [-0.1, -0.05) is 28.1 Å². The van der Waals surface area contributed by atoms with Gasteiger partial charge in [-0.25, -0.2) is 0 Å². The van der Waals surface area contributed by atoms with Gasteiger partial charge in [0.1, 0.15) is 0 Å². The van der Waals surface area contributed by atoms with Crippen molar-refractivity contribution in [3.8, 4) is 0 Å². The van der Waals surface area contributed by atoms with E-state index in [2.05, 4.69) is 20.9 Å². The second-order valence-corrected chi connectivity index (χ2v) is 5.50. The number of Topliss-reactive ketones (excluding diaryl/α,β-unsaturated/α-hetero) is 1. The minimum atomic E-state index is 0.131. The number of carbonyl (C=O) groups excluding carboxylic acids is 1. The number of halogens is 1. The molecule has 0 spiro atoms. The molecule has 0 saturated heterocycles. The third-order valence-corrected chi connectivity index (χ3v) is 3.79. The van der Waals surface area contributed by atoms with Gasteiger partial charge >= 0.3 is 0 Å². The van der Waals surface area contributed by atoms with Crippen LogP contribution in [0.1, 0.15) is 27.9 Å². The van der Waals surface area contributed by atoms with Crippen LogP contribution in [0.2, 0.25) is 0 Å². The number of pyridine rings is 1. The summed E-state index contributed by atoms with van der Waals surface area (Å²) in [6.07, 6.45) is 7.16. The van der Waals surface area contributed by atoms with Gasteiger partial charge in [-0.2, -0.15) is 0 Å². The lowest BCUT2D eigenvalue weighted by Gasteiger charge is -2.17. The number of allylic oxidation sites excluding steroid dienone is 1. The molecule has 0 amide bonds. The maximum atomic E-state index is 12.5. The Morgan fingerprint density at radius 3 is 2.89 bits per heavy atom. The summed E-state index contributed by atoms with van der Waals surface area (Å²) in [6.45, 7) is 0. The van der Waals surface area contributed by atoms with Crippen molar-refractivity contribution in [2.45, 2.75) is 12.8 Å². The van der Waals surface area contributed by atoms with E-state index in [4.69, 9.17) is 0 Å². The molecule has 3 rings (SSSR count). The van der Waals surface area contributed by atoms with Crippen LogP contribution in [0, 0.1) is 0 Å². The molecule has 1 aliphatic rings. The molecular weight excluding hydrogens is 302 g/mol. The van der Waals surface area contributed by atoms with Crippen LogP contribution in [0.25, 0.3) is 6.08 Å². The topological polar surface area (TPSA) is 30.0 Å². The molecule has 1 aliphatic carbocycles. The van der Waals surface area contributed by atoms with Crippen molar-refractivity contribution in [1.82, 2.24) is 4.98 Å². The Labute approximate surface area is 120 Å². The van der Waals surface area contributed by atoms with Crippen LogP contribution in [-0.4, -0.2) is 10.8 Å². The average molecular weight is 314 g/mol. The molecule has 0 aliphatic heterocycles. The molecule has 0 radical (unpaired) electrons. The summed E-state index contributed by atoms with van der Waals surface area (Å²) in [5, 5.41) is 0. The number of carbonyl (C=O) groups is 1. The number of nitrogens with zero attached hydrogens (tertiary/aromatic N) is 1. The molecule has 1 aromatic heterocycles. The Bertz CT molecular complexity index is 662. The highest BCUT2D eigenvalue weighted by atomic mass is 79.9. The van der Waals surface area contributed by atoms with Crippen LogP contribution in [0.3, 0.4) is 0 Å². The van der Waals surface area contributed by atoms with E-state index in [-0.39, 0.29) is 5.78 Å². The Kier molecular flexibility index (Phi) is 3.30. The molecule has 0 unspecified atom stereocenters. The van der Waals surface area contributed by atoms with Gasteiger partial charge in [0.15, 0.2) is 5.78 Å². The van der Waals surface area contributed by atoms with Gasteiger partial charge in [0, 0.05) is 28.0 Å². The molecule has 1 aromatic carbocycles. The van der Waals surface area contributed by atoms with Gasteiger partial charge in [0.05, 0.1) is 0 Å². The van der Waals surface area contributed by atoms with Gasteiger partial charge < -0.3 is 0 Å². The molecule has 2 nitrogen and oxygen atoms in total. The van der Waals surface area contributed by atoms with Crippen LogP contribution in [-0.2, 0) is 6.42 Å². The minimum Gasteiger partial charge on any atom is -0.289 e. The van der Waals surface area contributed by atoms with E-state index in [0.29, 0.717) is 0 Å². The first-order valence-corrected chi connectivity index (χ1v) is 6.97. The number of fused-ring (bicyclic) bond motifs is 1. The maximum absolute atomic E-state index is 12.5. The van der Waals surface area contributed by atoms with Crippen molar-refractivity contribution in [3.63, 3.8) is 0 Å². The summed E-state index contributed by atoms with van der Waals surface area (Å²) in [5.41, 5.74) is 3.79. The Balaban J connectivity index is 2.00. The second-order valence-electron chi connectivity index (χ2n) is 4.59. The fourth-order valence-corrected chi connectivity index (χ4v) is 2.70. The number of ketones is 1. The summed E-state index contributed by atoms with van der Waals surface area (Å²) in [5.74, 6) is 0.131. The zero-order chi connectivity index (χ0) is 13.2. The Morgan fingerprint density at radius 1 is 1.21 bits per heavy atom. The molecule has 19 heavy (non-hydrogen) atoms. The Hall–Kier alpha value is -1.74. The van der Waals surface area contributed by atoms with Crippen LogP contribution in [0.15, 0.2) is 52.8 Å². The SMILES string of the molecule is O=C1C(=Cc2cccnc2)CCc2ccc(Br)cc21. The van der Waals surface area contributed by atoms with Crippen molar-refractivity contribution in [3.05, 3.63) is 69.5 Å².